The second-order valence-corrected chi connectivity index (χ2v) is 8.06. The Kier molecular flexibility index (Phi) is 4.70. The smallest absolute Gasteiger partial charge is 0.412 e. The lowest BCUT2D eigenvalue weighted by atomic mass is 9.99. The van der Waals surface area contributed by atoms with Crippen molar-refractivity contribution in [3.63, 3.8) is 0 Å². The molecule has 0 radical (unpaired) electrons. The first-order valence-electron chi connectivity index (χ1n) is 9.58. The molecule has 2 aromatic heterocycles. The van der Waals surface area contributed by atoms with Crippen LogP contribution in [0.15, 0.2) is 48.9 Å². The van der Waals surface area contributed by atoms with E-state index >= 15 is 0 Å². The van der Waals surface area contributed by atoms with Gasteiger partial charge in [0.05, 0.1) is 30.1 Å². The van der Waals surface area contributed by atoms with Gasteiger partial charge in [-0.1, -0.05) is 30.4 Å². The molecule has 148 valence electrons. The Bertz CT molecular complexity index is 1180. The van der Waals surface area contributed by atoms with Crippen LogP contribution in [0.5, 0.6) is 0 Å². The number of allylic oxidation sites excluding steroid dienone is 2. The molecule has 0 saturated heterocycles. The lowest BCUT2D eigenvalue weighted by Crippen LogP contribution is -2.27. The highest BCUT2D eigenvalue weighted by molar-refractivity contribution is 6.05. The maximum Gasteiger partial charge on any atom is 0.412 e. The first-order valence-corrected chi connectivity index (χ1v) is 9.58. The molecule has 0 aliphatic heterocycles. The molecular weight excluding hydrogens is 366 g/mol. The number of nitrogens with zero attached hydrogens (tertiary/aromatic N) is 2. The number of fused-ring (bicyclic) bond motifs is 3. The van der Waals surface area contributed by atoms with E-state index < -0.39 is 11.7 Å². The van der Waals surface area contributed by atoms with Gasteiger partial charge >= 0.3 is 6.09 Å². The summed E-state index contributed by atoms with van der Waals surface area (Å²) in [5, 5.41) is 3.82. The Morgan fingerprint density at radius 3 is 2.83 bits per heavy atom. The summed E-state index contributed by atoms with van der Waals surface area (Å²) in [7, 11) is 0. The van der Waals surface area contributed by atoms with Crippen molar-refractivity contribution in [2.75, 3.05) is 5.32 Å². The Labute approximate surface area is 168 Å². The summed E-state index contributed by atoms with van der Waals surface area (Å²) in [6.07, 6.45) is 10.2. The standard InChI is InChI=1S/C23H23N3O3/c1-23(2,3)29-22(28)25-18-11-7-6-10-17(18)21(27)12-19-15-8-4-5-9-16(15)20-13-24-14-26(19)20/h4-7,9-11,13-14H,8,12H2,1-3H3,(H,25,28). The van der Waals surface area contributed by atoms with E-state index in [1.54, 1.807) is 51.4 Å². The first-order chi connectivity index (χ1) is 13.8. The van der Waals surface area contributed by atoms with E-state index in [2.05, 4.69) is 22.5 Å². The summed E-state index contributed by atoms with van der Waals surface area (Å²) in [6, 6.07) is 7.00. The number of ketones is 1. The average Bonchev–Trinajstić information content (AvgIpc) is 3.23. The van der Waals surface area contributed by atoms with E-state index in [1.165, 1.54) is 0 Å². The molecule has 1 aromatic carbocycles. The third-order valence-corrected chi connectivity index (χ3v) is 4.79. The van der Waals surface area contributed by atoms with Crippen molar-refractivity contribution in [3.05, 3.63) is 71.0 Å². The number of anilines is 1. The van der Waals surface area contributed by atoms with Gasteiger partial charge in [-0.15, -0.1) is 0 Å². The van der Waals surface area contributed by atoms with Crippen LogP contribution in [-0.4, -0.2) is 26.9 Å². The molecule has 0 atom stereocenters. The predicted octanol–water partition coefficient (Wildman–Crippen LogP) is 3.72. The van der Waals surface area contributed by atoms with Gasteiger partial charge < -0.3 is 9.14 Å². The second-order valence-electron chi connectivity index (χ2n) is 8.06. The number of hydrogen-bond acceptors (Lipinski definition) is 4. The highest BCUT2D eigenvalue weighted by atomic mass is 16.6. The van der Waals surface area contributed by atoms with Gasteiger partial charge in [0.15, 0.2) is 5.78 Å². The number of amides is 1. The zero-order valence-electron chi connectivity index (χ0n) is 16.7. The summed E-state index contributed by atoms with van der Waals surface area (Å²) in [6.45, 7) is 5.39. The number of imidazole rings is 1. The molecule has 0 unspecified atom stereocenters. The van der Waals surface area contributed by atoms with E-state index in [1.807, 2.05) is 16.7 Å². The number of carbonyl (C=O) groups excluding carboxylic acids is 2. The highest BCUT2D eigenvalue weighted by Gasteiger charge is 2.22. The number of nitrogens with one attached hydrogen (secondary N) is 1. The van der Waals surface area contributed by atoms with Crippen molar-refractivity contribution >= 4 is 29.2 Å². The van der Waals surface area contributed by atoms with Gasteiger partial charge in [-0.3, -0.25) is 10.1 Å². The van der Waals surface area contributed by atoms with Crippen LogP contribution in [0.4, 0.5) is 10.5 Å². The summed E-state index contributed by atoms with van der Waals surface area (Å²) < 4.78 is 7.30. The molecule has 0 spiro atoms. The molecule has 29 heavy (non-hydrogen) atoms. The van der Waals surface area contributed by atoms with Gasteiger partial charge in [0.25, 0.3) is 0 Å². The number of ether oxygens (including phenoxy) is 1. The van der Waals surface area contributed by atoms with Crippen molar-refractivity contribution in [1.29, 1.82) is 0 Å². The van der Waals surface area contributed by atoms with Crippen LogP contribution in [0, 0.1) is 0 Å². The summed E-state index contributed by atoms with van der Waals surface area (Å²) in [5.74, 6) is -0.0744. The topological polar surface area (TPSA) is 72.7 Å². The van der Waals surface area contributed by atoms with Crippen LogP contribution in [0.25, 0.3) is 11.6 Å². The maximum atomic E-state index is 13.2. The molecule has 1 amide bonds. The molecule has 4 rings (SSSR count). The van der Waals surface area contributed by atoms with Crippen molar-refractivity contribution in [1.82, 2.24) is 9.38 Å². The SMILES string of the molecule is CC(C)(C)OC(=O)Nc1ccccc1C(=O)Cc1c2c(c3cncn13)=CC=CC2. The fourth-order valence-corrected chi connectivity index (χ4v) is 3.62. The number of benzene rings is 1. The van der Waals surface area contributed by atoms with E-state index in [4.69, 9.17) is 4.74 Å². The fraction of sp³-hybridized carbons (Fsp3) is 0.261. The molecule has 0 fully saturated rings. The first kappa shape index (κ1) is 18.9. The zero-order valence-corrected chi connectivity index (χ0v) is 16.7. The summed E-state index contributed by atoms with van der Waals surface area (Å²) in [4.78, 5) is 29.6. The van der Waals surface area contributed by atoms with Crippen molar-refractivity contribution in [3.8, 4) is 0 Å². The number of Topliss-reactive ketones (excluding diaryl/α,β-unsaturated/α-hetero) is 1. The summed E-state index contributed by atoms with van der Waals surface area (Å²) in [5.41, 5.74) is 3.37. The van der Waals surface area contributed by atoms with Crippen LogP contribution >= 0.6 is 0 Å². The Hall–Kier alpha value is -3.41. The highest BCUT2D eigenvalue weighted by Crippen LogP contribution is 2.22. The van der Waals surface area contributed by atoms with Gasteiger partial charge in [-0.25, -0.2) is 9.78 Å². The minimum Gasteiger partial charge on any atom is -0.444 e. The Morgan fingerprint density at radius 2 is 2.03 bits per heavy atom. The van der Waals surface area contributed by atoms with Crippen LogP contribution in [0.2, 0.25) is 0 Å². The van der Waals surface area contributed by atoms with Crippen LogP contribution in [0.3, 0.4) is 0 Å². The normalized spacial score (nSPS) is 13.1. The third-order valence-electron chi connectivity index (χ3n) is 4.79. The third kappa shape index (κ3) is 3.78. The number of rotatable bonds is 4. The van der Waals surface area contributed by atoms with E-state index in [0.29, 0.717) is 11.3 Å². The van der Waals surface area contributed by atoms with Crippen LogP contribution in [-0.2, 0) is 17.6 Å². The van der Waals surface area contributed by atoms with Gasteiger partial charge in [-0.2, -0.15) is 0 Å². The molecule has 1 aliphatic carbocycles. The van der Waals surface area contributed by atoms with E-state index in [9.17, 15) is 9.59 Å². The molecular formula is C23H23N3O3. The minimum atomic E-state index is -0.617. The van der Waals surface area contributed by atoms with Crippen LogP contribution < -0.4 is 10.5 Å². The minimum absolute atomic E-state index is 0.0744. The zero-order chi connectivity index (χ0) is 20.6. The average molecular weight is 389 g/mol. The van der Waals surface area contributed by atoms with Crippen LogP contribution in [0.1, 0.15) is 42.4 Å². The number of aromatic nitrogens is 2. The molecule has 3 aromatic rings. The Balaban J connectivity index is 1.64. The molecule has 6 heteroatoms. The molecule has 0 bridgehead atoms. The van der Waals surface area contributed by atoms with Gasteiger partial charge in [-0.05, 0) is 44.9 Å². The summed E-state index contributed by atoms with van der Waals surface area (Å²) >= 11 is 0. The lowest BCUT2D eigenvalue weighted by molar-refractivity contribution is 0.0636. The number of para-hydroxylation sites is 1. The molecule has 2 heterocycles. The van der Waals surface area contributed by atoms with Crippen molar-refractivity contribution in [2.45, 2.75) is 39.2 Å². The van der Waals surface area contributed by atoms with Gasteiger partial charge in [0.2, 0.25) is 0 Å². The lowest BCUT2D eigenvalue weighted by Gasteiger charge is -2.20. The molecule has 1 aliphatic rings. The quantitative estimate of drug-likeness (QED) is 0.691. The van der Waals surface area contributed by atoms with Gasteiger partial charge in [0, 0.05) is 16.5 Å². The maximum absolute atomic E-state index is 13.2. The molecule has 0 saturated carbocycles. The predicted molar refractivity (Wildman–Crippen MR) is 112 cm³/mol. The van der Waals surface area contributed by atoms with E-state index in [-0.39, 0.29) is 12.2 Å². The largest absolute Gasteiger partial charge is 0.444 e. The van der Waals surface area contributed by atoms with E-state index in [0.717, 1.165) is 28.4 Å². The molecule has 1 N–H and O–H groups in total. The number of carbonyl (C=O) groups is 2. The van der Waals surface area contributed by atoms with Crippen molar-refractivity contribution in [2.24, 2.45) is 0 Å². The monoisotopic (exact) mass is 389 g/mol. The second kappa shape index (κ2) is 7.20. The van der Waals surface area contributed by atoms with Gasteiger partial charge in [0.1, 0.15) is 5.60 Å². The fourth-order valence-electron chi connectivity index (χ4n) is 3.62. The molecule has 6 nitrogen and oxygen atoms in total. The van der Waals surface area contributed by atoms with Crippen molar-refractivity contribution < 1.29 is 14.3 Å². The Morgan fingerprint density at radius 1 is 1.24 bits per heavy atom. The number of hydrogen-bond donors (Lipinski definition) is 1.